The van der Waals surface area contributed by atoms with Gasteiger partial charge in [-0.05, 0) is 57.5 Å². The van der Waals surface area contributed by atoms with Gasteiger partial charge < -0.3 is 15.0 Å². The van der Waals surface area contributed by atoms with Gasteiger partial charge in [-0.1, -0.05) is 12.1 Å². The predicted octanol–water partition coefficient (Wildman–Crippen LogP) is 3.46. The first-order valence-corrected chi connectivity index (χ1v) is 11.3. The lowest BCUT2D eigenvalue weighted by molar-refractivity contribution is 0.0529. The Morgan fingerprint density at radius 1 is 1.14 bits per heavy atom. The van der Waals surface area contributed by atoms with Gasteiger partial charge in [0.15, 0.2) is 0 Å². The standard InChI is InChI=1S/C21H30N4O3S/c1-16-15-25(11-12-28-16)20-10-9-19(14-23-20)22-13-17-5-7-18(8-6-17)24-29(26,27)21(2,3)4/h5-10,14,16,22,24H,11-13,15H2,1-4H3/t16-/m1/s1. The molecule has 0 radical (unpaired) electrons. The molecule has 0 bridgehead atoms. The number of morpholine rings is 1. The number of nitrogens with one attached hydrogen (secondary N) is 2. The van der Waals surface area contributed by atoms with Crippen LogP contribution in [0.1, 0.15) is 33.3 Å². The van der Waals surface area contributed by atoms with Gasteiger partial charge in [0.05, 0.1) is 29.3 Å². The van der Waals surface area contributed by atoms with Crippen molar-refractivity contribution in [2.75, 3.05) is 34.6 Å². The minimum Gasteiger partial charge on any atom is -0.380 e. The molecule has 7 nitrogen and oxygen atoms in total. The van der Waals surface area contributed by atoms with Crippen molar-refractivity contribution in [1.82, 2.24) is 4.98 Å². The van der Waals surface area contributed by atoms with Crippen LogP contribution in [0.2, 0.25) is 0 Å². The smallest absolute Gasteiger partial charge is 0.237 e. The number of sulfonamides is 1. The zero-order valence-corrected chi connectivity index (χ0v) is 18.3. The summed E-state index contributed by atoms with van der Waals surface area (Å²) in [5.41, 5.74) is 2.55. The van der Waals surface area contributed by atoms with E-state index in [0.29, 0.717) is 12.2 Å². The van der Waals surface area contributed by atoms with Crippen LogP contribution in [0.5, 0.6) is 0 Å². The van der Waals surface area contributed by atoms with Crippen LogP contribution in [0.25, 0.3) is 0 Å². The van der Waals surface area contributed by atoms with E-state index in [1.54, 1.807) is 32.9 Å². The highest BCUT2D eigenvalue weighted by atomic mass is 32.2. The number of pyridine rings is 1. The number of rotatable bonds is 6. The molecule has 158 valence electrons. The molecule has 0 spiro atoms. The van der Waals surface area contributed by atoms with Gasteiger partial charge in [-0.2, -0.15) is 0 Å². The van der Waals surface area contributed by atoms with Crippen molar-refractivity contribution in [3.8, 4) is 0 Å². The van der Waals surface area contributed by atoms with Gasteiger partial charge in [-0.25, -0.2) is 13.4 Å². The fraction of sp³-hybridized carbons (Fsp3) is 0.476. The van der Waals surface area contributed by atoms with Gasteiger partial charge in [-0.15, -0.1) is 0 Å². The van der Waals surface area contributed by atoms with E-state index >= 15 is 0 Å². The molecule has 3 rings (SSSR count). The monoisotopic (exact) mass is 418 g/mol. The fourth-order valence-electron chi connectivity index (χ4n) is 2.91. The van der Waals surface area contributed by atoms with Crippen molar-refractivity contribution in [1.29, 1.82) is 0 Å². The van der Waals surface area contributed by atoms with E-state index in [1.165, 1.54) is 0 Å². The molecule has 1 aliphatic rings. The van der Waals surface area contributed by atoms with Gasteiger partial charge in [-0.3, -0.25) is 4.72 Å². The summed E-state index contributed by atoms with van der Waals surface area (Å²) in [5, 5.41) is 3.35. The maximum absolute atomic E-state index is 12.2. The first kappa shape index (κ1) is 21.4. The second-order valence-electron chi connectivity index (χ2n) is 8.30. The van der Waals surface area contributed by atoms with Crippen LogP contribution in [-0.2, 0) is 21.3 Å². The third-order valence-corrected chi connectivity index (χ3v) is 6.94. The zero-order valence-electron chi connectivity index (χ0n) is 17.5. The maximum Gasteiger partial charge on any atom is 0.237 e. The van der Waals surface area contributed by atoms with Crippen molar-refractivity contribution in [2.45, 2.75) is 45.1 Å². The molecule has 0 unspecified atom stereocenters. The van der Waals surface area contributed by atoms with Gasteiger partial charge in [0.25, 0.3) is 0 Å². The fourth-order valence-corrected chi connectivity index (χ4v) is 3.66. The molecule has 2 aromatic rings. The summed E-state index contributed by atoms with van der Waals surface area (Å²) in [6.45, 7) is 10.2. The number of benzene rings is 1. The van der Waals surface area contributed by atoms with Crippen LogP contribution < -0.4 is 14.9 Å². The highest BCUT2D eigenvalue weighted by Crippen LogP contribution is 2.21. The molecular weight excluding hydrogens is 388 g/mol. The van der Waals surface area contributed by atoms with Crippen molar-refractivity contribution in [2.24, 2.45) is 0 Å². The average molecular weight is 419 g/mol. The minimum atomic E-state index is -3.42. The maximum atomic E-state index is 12.2. The van der Waals surface area contributed by atoms with Gasteiger partial charge in [0, 0.05) is 25.3 Å². The van der Waals surface area contributed by atoms with E-state index in [2.05, 4.69) is 26.8 Å². The topological polar surface area (TPSA) is 83.6 Å². The summed E-state index contributed by atoms with van der Waals surface area (Å²) >= 11 is 0. The zero-order chi connectivity index (χ0) is 21.1. The summed E-state index contributed by atoms with van der Waals surface area (Å²) in [6, 6.07) is 11.4. The number of anilines is 3. The van der Waals surface area contributed by atoms with E-state index in [4.69, 9.17) is 4.74 Å². The first-order valence-electron chi connectivity index (χ1n) is 9.82. The van der Waals surface area contributed by atoms with Crippen LogP contribution >= 0.6 is 0 Å². The number of hydrogen-bond acceptors (Lipinski definition) is 6. The Balaban J connectivity index is 1.55. The summed E-state index contributed by atoms with van der Waals surface area (Å²) in [5.74, 6) is 0.959. The molecule has 1 aliphatic heterocycles. The van der Waals surface area contributed by atoms with E-state index in [-0.39, 0.29) is 6.10 Å². The lowest BCUT2D eigenvalue weighted by atomic mass is 10.2. The van der Waals surface area contributed by atoms with Crippen molar-refractivity contribution < 1.29 is 13.2 Å². The largest absolute Gasteiger partial charge is 0.380 e. The molecule has 1 saturated heterocycles. The molecule has 2 heterocycles. The molecule has 0 aliphatic carbocycles. The molecule has 0 saturated carbocycles. The molecule has 2 N–H and O–H groups in total. The normalized spacial score (nSPS) is 17.8. The second kappa shape index (κ2) is 8.59. The molecule has 1 fully saturated rings. The number of ether oxygens (including phenoxy) is 1. The second-order valence-corrected chi connectivity index (χ2v) is 10.7. The van der Waals surface area contributed by atoms with Gasteiger partial charge in [0.1, 0.15) is 5.82 Å². The first-order chi connectivity index (χ1) is 13.6. The third kappa shape index (κ3) is 5.61. The number of aromatic nitrogens is 1. The molecule has 1 aromatic carbocycles. The Morgan fingerprint density at radius 2 is 1.83 bits per heavy atom. The summed E-state index contributed by atoms with van der Waals surface area (Å²) < 4.78 is 31.8. The van der Waals surface area contributed by atoms with Crippen molar-refractivity contribution >= 4 is 27.2 Å². The molecule has 1 aromatic heterocycles. The molecular formula is C21H30N4O3S. The number of nitrogens with zero attached hydrogens (tertiary/aromatic N) is 2. The minimum absolute atomic E-state index is 0.221. The average Bonchev–Trinajstić information content (AvgIpc) is 2.67. The van der Waals surface area contributed by atoms with Crippen molar-refractivity contribution in [3.63, 3.8) is 0 Å². The quantitative estimate of drug-likeness (QED) is 0.748. The lowest BCUT2D eigenvalue weighted by Gasteiger charge is -2.32. The molecule has 29 heavy (non-hydrogen) atoms. The summed E-state index contributed by atoms with van der Waals surface area (Å²) in [7, 11) is -3.42. The van der Waals surface area contributed by atoms with Gasteiger partial charge >= 0.3 is 0 Å². The van der Waals surface area contributed by atoms with Gasteiger partial charge in [0.2, 0.25) is 10.0 Å². The third-order valence-electron chi connectivity index (χ3n) is 4.82. The lowest BCUT2D eigenvalue weighted by Crippen LogP contribution is -2.41. The molecule has 8 heteroatoms. The van der Waals surface area contributed by atoms with Crippen LogP contribution in [0.15, 0.2) is 42.6 Å². The number of hydrogen-bond donors (Lipinski definition) is 2. The molecule has 1 atom stereocenters. The Hall–Kier alpha value is -2.32. The Morgan fingerprint density at radius 3 is 2.41 bits per heavy atom. The van der Waals surface area contributed by atoms with Crippen LogP contribution in [0.3, 0.4) is 0 Å². The van der Waals surface area contributed by atoms with Crippen LogP contribution in [-0.4, -0.2) is 43.9 Å². The highest BCUT2D eigenvalue weighted by Gasteiger charge is 2.28. The van der Waals surface area contributed by atoms with Crippen LogP contribution in [0.4, 0.5) is 17.2 Å². The Kier molecular flexibility index (Phi) is 6.33. The SMILES string of the molecule is C[C@@H]1CN(c2ccc(NCc3ccc(NS(=O)(=O)C(C)(C)C)cc3)cn2)CCO1. The van der Waals surface area contributed by atoms with Crippen LogP contribution in [0, 0.1) is 0 Å². The Bertz CT molecular complexity index is 906. The van der Waals surface area contributed by atoms with E-state index in [0.717, 1.165) is 36.8 Å². The van der Waals surface area contributed by atoms with E-state index in [1.807, 2.05) is 30.5 Å². The predicted molar refractivity (Wildman–Crippen MR) is 118 cm³/mol. The molecule has 0 amide bonds. The highest BCUT2D eigenvalue weighted by molar-refractivity contribution is 7.94. The van der Waals surface area contributed by atoms with Crippen molar-refractivity contribution in [3.05, 3.63) is 48.2 Å². The summed E-state index contributed by atoms with van der Waals surface area (Å²) in [6.07, 6.45) is 2.06. The van der Waals surface area contributed by atoms with E-state index < -0.39 is 14.8 Å². The summed E-state index contributed by atoms with van der Waals surface area (Å²) in [4.78, 5) is 6.79. The van der Waals surface area contributed by atoms with E-state index in [9.17, 15) is 8.42 Å². The Labute approximate surface area is 173 Å².